The molecule has 34 heavy (non-hydrogen) atoms. The van der Waals surface area contributed by atoms with Gasteiger partial charge in [-0.1, -0.05) is 18.7 Å². The molecule has 0 aromatic heterocycles. The third-order valence-electron chi connectivity index (χ3n) is 5.63. The van der Waals surface area contributed by atoms with Gasteiger partial charge in [0.15, 0.2) is 12.1 Å². The van der Waals surface area contributed by atoms with Gasteiger partial charge in [-0.15, -0.1) is 0 Å². The number of hydrogen-bond acceptors (Lipinski definition) is 7. The van der Waals surface area contributed by atoms with Crippen molar-refractivity contribution in [2.75, 3.05) is 0 Å². The number of benzene rings is 2. The Morgan fingerprint density at radius 3 is 2.15 bits per heavy atom. The van der Waals surface area contributed by atoms with Crippen LogP contribution < -0.4 is 0 Å². The van der Waals surface area contributed by atoms with Crippen LogP contribution in [0, 0.1) is 10.1 Å². The summed E-state index contributed by atoms with van der Waals surface area (Å²) in [4.78, 5) is 62.1. The zero-order valence-corrected chi connectivity index (χ0v) is 17.8. The number of hydrogen-bond donors (Lipinski definition) is 0. The lowest BCUT2D eigenvalue weighted by Crippen LogP contribution is -2.73. The quantitative estimate of drug-likeness (QED) is 0.116. The third-order valence-corrected chi connectivity index (χ3v) is 5.63. The van der Waals surface area contributed by atoms with Gasteiger partial charge in [-0.25, -0.2) is 9.18 Å². The molecule has 3 atom stereocenters. The van der Waals surface area contributed by atoms with E-state index in [4.69, 9.17) is 4.74 Å². The van der Waals surface area contributed by atoms with E-state index in [9.17, 15) is 29.3 Å². The van der Waals surface area contributed by atoms with Crippen LogP contribution in [0.4, 0.5) is 10.1 Å². The number of nitrogens with zero attached hydrogens (tertiary/aromatic N) is 3. The predicted octanol–water partition coefficient (Wildman–Crippen LogP) is 2.39. The lowest BCUT2D eigenvalue weighted by Gasteiger charge is -2.47. The molecule has 0 aliphatic carbocycles. The molecular formula is C23H18FN3O7. The first kappa shape index (κ1) is 22.8. The fourth-order valence-electron chi connectivity index (χ4n) is 3.93. The van der Waals surface area contributed by atoms with Gasteiger partial charge in [0.05, 0.1) is 16.1 Å². The number of alkyl halides is 1. The minimum Gasteiger partial charge on any atom is -0.459 e. The van der Waals surface area contributed by atoms with Gasteiger partial charge < -0.3 is 4.74 Å². The Hall–Kier alpha value is -4.41. The summed E-state index contributed by atoms with van der Waals surface area (Å²) in [5.41, 5.74) is 0.566. The molecule has 11 heteroatoms. The number of amides is 3. The number of rotatable bonds is 7. The van der Waals surface area contributed by atoms with Crippen LogP contribution in [0.5, 0.6) is 0 Å². The molecule has 0 bridgehead atoms. The fourth-order valence-corrected chi connectivity index (χ4v) is 3.93. The Balaban J connectivity index is 1.47. The van der Waals surface area contributed by atoms with E-state index in [1.807, 2.05) is 0 Å². The molecule has 0 radical (unpaired) electrons. The molecule has 174 valence electrons. The van der Waals surface area contributed by atoms with E-state index in [2.05, 4.69) is 6.58 Å². The maximum atomic E-state index is 15.2. The first-order valence-corrected chi connectivity index (χ1v) is 10.1. The number of ether oxygens (including phenoxy) is 1. The number of nitro groups is 1. The standard InChI is InChI=1S/C23H18FN3O7/c1-12(2)17(23(31)34-11-13-7-9-14(10-8-13)27(32)33)25-19(24)18(22(25)30)26-20(28)15-5-3-4-6-16(15)21(26)29/h3-10,17-19H,1,11H2,2H3. The summed E-state index contributed by atoms with van der Waals surface area (Å²) in [6.07, 6.45) is -2.14. The minimum absolute atomic E-state index is 0.0740. The summed E-state index contributed by atoms with van der Waals surface area (Å²) < 4.78 is 20.4. The normalized spacial score (nSPS) is 20.0. The molecule has 0 N–H and O–H groups in total. The second-order valence-electron chi connectivity index (χ2n) is 7.87. The summed E-state index contributed by atoms with van der Waals surface area (Å²) in [5.74, 6) is -3.47. The molecule has 2 aliphatic heterocycles. The van der Waals surface area contributed by atoms with Crippen molar-refractivity contribution in [2.45, 2.75) is 31.9 Å². The second-order valence-corrected chi connectivity index (χ2v) is 7.87. The van der Waals surface area contributed by atoms with E-state index in [1.165, 1.54) is 43.3 Å². The molecule has 2 aromatic carbocycles. The SMILES string of the molecule is C=C(C)C(C(=O)OCc1ccc([N+](=O)[O-])cc1)N1C(=O)C(N2C(=O)c3ccccc3C2=O)C1F. The molecular weight excluding hydrogens is 449 g/mol. The Bertz CT molecular complexity index is 1210. The van der Waals surface area contributed by atoms with Crippen molar-refractivity contribution in [3.05, 3.63) is 87.5 Å². The van der Waals surface area contributed by atoms with Crippen LogP contribution >= 0.6 is 0 Å². The van der Waals surface area contributed by atoms with E-state index in [-0.39, 0.29) is 29.0 Å². The number of non-ortho nitro benzene ring substituents is 1. The highest BCUT2D eigenvalue weighted by Gasteiger charge is 2.60. The van der Waals surface area contributed by atoms with Crippen molar-refractivity contribution >= 4 is 29.4 Å². The average Bonchev–Trinajstić information content (AvgIpc) is 3.06. The molecule has 4 rings (SSSR count). The van der Waals surface area contributed by atoms with Crippen LogP contribution in [0.25, 0.3) is 0 Å². The topological polar surface area (TPSA) is 127 Å². The first-order valence-electron chi connectivity index (χ1n) is 10.1. The van der Waals surface area contributed by atoms with Gasteiger partial charge in [0.2, 0.25) is 6.30 Å². The largest absolute Gasteiger partial charge is 0.459 e. The highest BCUT2D eigenvalue weighted by atomic mass is 19.1. The van der Waals surface area contributed by atoms with Gasteiger partial charge in [-0.3, -0.25) is 34.3 Å². The van der Waals surface area contributed by atoms with Crippen LogP contribution in [0.1, 0.15) is 33.2 Å². The molecule has 1 saturated heterocycles. The van der Waals surface area contributed by atoms with Crippen LogP contribution in [-0.2, 0) is 20.9 Å². The number of β-lactam (4-membered cyclic amide) rings is 1. The van der Waals surface area contributed by atoms with Gasteiger partial charge in [0.25, 0.3) is 23.4 Å². The molecule has 2 aliphatic rings. The molecule has 3 amide bonds. The van der Waals surface area contributed by atoms with E-state index in [0.717, 1.165) is 0 Å². The lowest BCUT2D eigenvalue weighted by atomic mass is 9.97. The monoisotopic (exact) mass is 467 g/mol. The van der Waals surface area contributed by atoms with Gasteiger partial charge in [-0.2, -0.15) is 0 Å². The summed E-state index contributed by atoms with van der Waals surface area (Å²) in [5, 5.41) is 10.7. The summed E-state index contributed by atoms with van der Waals surface area (Å²) in [6, 6.07) is 8.01. The number of nitro benzene ring substituents is 1. The lowest BCUT2D eigenvalue weighted by molar-refractivity contribution is -0.384. The number of fused-ring (bicyclic) bond motifs is 1. The number of esters is 1. The van der Waals surface area contributed by atoms with Crippen molar-refractivity contribution in [3.8, 4) is 0 Å². The number of carbonyl (C=O) groups excluding carboxylic acids is 4. The zero-order valence-electron chi connectivity index (χ0n) is 17.8. The predicted molar refractivity (Wildman–Crippen MR) is 114 cm³/mol. The minimum atomic E-state index is -2.14. The number of likely N-dealkylation sites (tertiary alicyclic amines) is 1. The van der Waals surface area contributed by atoms with Crippen molar-refractivity contribution in [3.63, 3.8) is 0 Å². The molecule has 10 nitrogen and oxygen atoms in total. The van der Waals surface area contributed by atoms with Gasteiger partial charge >= 0.3 is 5.97 Å². The van der Waals surface area contributed by atoms with E-state index in [0.29, 0.717) is 15.4 Å². The molecule has 2 aromatic rings. The number of halogens is 1. The second kappa shape index (κ2) is 8.50. The highest BCUT2D eigenvalue weighted by molar-refractivity contribution is 6.23. The Labute approximate surface area is 192 Å². The Kier molecular flexibility index (Phi) is 5.70. The summed E-state index contributed by atoms with van der Waals surface area (Å²) in [7, 11) is 0. The molecule has 1 fully saturated rings. The van der Waals surface area contributed by atoms with Crippen molar-refractivity contribution < 1.29 is 33.2 Å². The molecule has 3 unspecified atom stereocenters. The van der Waals surface area contributed by atoms with Crippen LogP contribution in [0.15, 0.2) is 60.7 Å². The fraction of sp³-hybridized carbons (Fsp3) is 0.217. The van der Waals surface area contributed by atoms with E-state index >= 15 is 4.39 Å². The van der Waals surface area contributed by atoms with E-state index in [1.54, 1.807) is 12.1 Å². The Morgan fingerprint density at radius 2 is 1.68 bits per heavy atom. The van der Waals surface area contributed by atoms with Crippen molar-refractivity contribution in [1.29, 1.82) is 0 Å². The van der Waals surface area contributed by atoms with Crippen LogP contribution in [-0.4, -0.2) is 56.8 Å². The smallest absolute Gasteiger partial charge is 0.333 e. The molecule has 2 heterocycles. The number of imide groups is 1. The van der Waals surface area contributed by atoms with Gasteiger partial charge in [0.1, 0.15) is 6.61 Å². The molecule has 0 saturated carbocycles. The van der Waals surface area contributed by atoms with E-state index < -0.39 is 47.0 Å². The summed E-state index contributed by atoms with van der Waals surface area (Å²) in [6.45, 7) is 4.77. The molecule has 0 spiro atoms. The van der Waals surface area contributed by atoms with Crippen LogP contribution in [0.2, 0.25) is 0 Å². The summed E-state index contributed by atoms with van der Waals surface area (Å²) >= 11 is 0. The van der Waals surface area contributed by atoms with Crippen molar-refractivity contribution in [1.82, 2.24) is 9.80 Å². The average molecular weight is 467 g/mol. The van der Waals surface area contributed by atoms with Gasteiger partial charge in [0, 0.05) is 12.1 Å². The zero-order chi connectivity index (χ0) is 24.7. The maximum Gasteiger partial charge on any atom is 0.333 e. The maximum absolute atomic E-state index is 15.2. The Morgan fingerprint density at radius 1 is 1.12 bits per heavy atom. The van der Waals surface area contributed by atoms with Crippen molar-refractivity contribution in [2.24, 2.45) is 0 Å². The van der Waals surface area contributed by atoms with Gasteiger partial charge in [-0.05, 0) is 42.3 Å². The number of carbonyl (C=O) groups is 4. The third kappa shape index (κ3) is 3.60. The van der Waals surface area contributed by atoms with Crippen LogP contribution in [0.3, 0.4) is 0 Å². The first-order chi connectivity index (χ1) is 16.1. The highest BCUT2D eigenvalue weighted by Crippen LogP contribution is 2.36.